The predicted octanol–water partition coefficient (Wildman–Crippen LogP) is 3.08. The number of esters is 1. The lowest BCUT2D eigenvalue weighted by atomic mass is 10.2. The quantitative estimate of drug-likeness (QED) is 0.787. The zero-order valence-electron chi connectivity index (χ0n) is 15.3. The maximum absolute atomic E-state index is 12.3. The fraction of sp³-hybridized carbons (Fsp3) is 0.400. The van der Waals surface area contributed by atoms with Crippen molar-refractivity contribution in [2.24, 2.45) is 5.92 Å². The van der Waals surface area contributed by atoms with E-state index < -0.39 is 5.97 Å². The van der Waals surface area contributed by atoms with Gasteiger partial charge in [-0.2, -0.15) is 0 Å². The molecular weight excluding hydrogens is 316 g/mol. The molecule has 1 amide bonds. The molecule has 0 aliphatic carbocycles. The highest BCUT2D eigenvalue weighted by molar-refractivity contribution is 5.92. The number of carbonyl (C=O) groups excluding carboxylic acids is 2. The van der Waals surface area contributed by atoms with Crippen molar-refractivity contribution in [2.75, 3.05) is 13.2 Å². The number of aryl methyl sites for hydroxylation is 1. The summed E-state index contributed by atoms with van der Waals surface area (Å²) < 4.78 is 7.23. The molecule has 5 nitrogen and oxygen atoms in total. The summed E-state index contributed by atoms with van der Waals surface area (Å²) in [6, 6.07) is 11.9. The molecule has 1 aromatic carbocycles. The molecule has 0 saturated carbocycles. The second kappa shape index (κ2) is 8.51. The molecule has 1 heterocycles. The lowest BCUT2D eigenvalue weighted by Gasteiger charge is -2.10. The molecule has 0 atom stereocenters. The van der Waals surface area contributed by atoms with E-state index in [0.717, 1.165) is 17.0 Å². The highest BCUT2D eigenvalue weighted by atomic mass is 16.5. The summed E-state index contributed by atoms with van der Waals surface area (Å²) in [7, 11) is 0. The molecule has 134 valence electrons. The summed E-state index contributed by atoms with van der Waals surface area (Å²) in [4.78, 5) is 24.0. The molecule has 2 aromatic rings. The summed E-state index contributed by atoms with van der Waals surface area (Å²) in [5, 5.41) is 2.73. The third kappa shape index (κ3) is 5.21. The Kier molecular flexibility index (Phi) is 6.39. The second-order valence-electron chi connectivity index (χ2n) is 6.63. The van der Waals surface area contributed by atoms with Gasteiger partial charge in [0.15, 0.2) is 6.61 Å². The van der Waals surface area contributed by atoms with E-state index in [4.69, 9.17) is 4.74 Å². The minimum Gasteiger partial charge on any atom is -0.452 e. The summed E-state index contributed by atoms with van der Waals surface area (Å²) in [6.07, 6.45) is 0. The van der Waals surface area contributed by atoms with Crippen molar-refractivity contribution in [2.45, 2.75) is 34.2 Å². The Labute approximate surface area is 149 Å². The fourth-order valence-electron chi connectivity index (χ4n) is 2.59. The number of nitrogens with one attached hydrogen (secondary N) is 1. The zero-order chi connectivity index (χ0) is 18.4. The van der Waals surface area contributed by atoms with Gasteiger partial charge in [-0.1, -0.05) is 44.2 Å². The average Bonchev–Trinajstić information content (AvgIpc) is 2.87. The van der Waals surface area contributed by atoms with E-state index in [-0.39, 0.29) is 12.5 Å². The normalized spacial score (nSPS) is 10.8. The Balaban J connectivity index is 2.01. The Hall–Kier alpha value is -2.56. The lowest BCUT2D eigenvalue weighted by Crippen LogP contribution is -2.31. The SMILES string of the molecule is Cc1cc(C(=O)OCC(=O)NCC(C)C)c(C)n1Cc1ccccc1. The molecule has 0 radical (unpaired) electrons. The van der Waals surface area contributed by atoms with Crippen molar-refractivity contribution < 1.29 is 14.3 Å². The number of hydrogen-bond acceptors (Lipinski definition) is 3. The van der Waals surface area contributed by atoms with Crippen LogP contribution in [0.4, 0.5) is 0 Å². The third-order valence-electron chi connectivity index (χ3n) is 4.02. The average molecular weight is 342 g/mol. The van der Waals surface area contributed by atoms with E-state index in [0.29, 0.717) is 24.6 Å². The van der Waals surface area contributed by atoms with Gasteiger partial charge >= 0.3 is 5.97 Å². The van der Waals surface area contributed by atoms with Crippen LogP contribution >= 0.6 is 0 Å². The van der Waals surface area contributed by atoms with Crippen molar-refractivity contribution in [1.82, 2.24) is 9.88 Å². The molecular formula is C20H26N2O3. The molecule has 1 aromatic heterocycles. The van der Waals surface area contributed by atoms with Crippen molar-refractivity contribution in [3.05, 3.63) is 58.9 Å². The molecule has 0 spiro atoms. The number of nitrogens with zero attached hydrogens (tertiary/aromatic N) is 1. The number of aromatic nitrogens is 1. The Bertz CT molecular complexity index is 733. The smallest absolute Gasteiger partial charge is 0.340 e. The van der Waals surface area contributed by atoms with Crippen LogP contribution in [0.2, 0.25) is 0 Å². The van der Waals surface area contributed by atoms with E-state index in [1.54, 1.807) is 0 Å². The van der Waals surface area contributed by atoms with E-state index >= 15 is 0 Å². The van der Waals surface area contributed by atoms with E-state index in [9.17, 15) is 9.59 Å². The number of ether oxygens (including phenoxy) is 1. The van der Waals surface area contributed by atoms with Gasteiger partial charge < -0.3 is 14.6 Å². The Morgan fingerprint density at radius 3 is 2.48 bits per heavy atom. The van der Waals surface area contributed by atoms with Crippen LogP contribution in [0.5, 0.6) is 0 Å². The third-order valence-corrected chi connectivity index (χ3v) is 4.02. The van der Waals surface area contributed by atoms with Crippen molar-refractivity contribution in [3.8, 4) is 0 Å². The summed E-state index contributed by atoms with van der Waals surface area (Å²) >= 11 is 0. The van der Waals surface area contributed by atoms with Gasteiger partial charge in [0.25, 0.3) is 5.91 Å². The number of rotatable bonds is 7. The molecule has 25 heavy (non-hydrogen) atoms. The first-order valence-electron chi connectivity index (χ1n) is 8.53. The van der Waals surface area contributed by atoms with Crippen LogP contribution in [0.3, 0.4) is 0 Å². The maximum Gasteiger partial charge on any atom is 0.340 e. The van der Waals surface area contributed by atoms with Crippen LogP contribution in [0.25, 0.3) is 0 Å². The monoisotopic (exact) mass is 342 g/mol. The van der Waals surface area contributed by atoms with Gasteiger partial charge in [-0.3, -0.25) is 4.79 Å². The van der Waals surface area contributed by atoms with Crippen LogP contribution in [0.1, 0.15) is 41.2 Å². The molecule has 0 saturated heterocycles. The topological polar surface area (TPSA) is 60.3 Å². The minimum atomic E-state index is -0.466. The van der Waals surface area contributed by atoms with Gasteiger partial charge in [-0.05, 0) is 31.4 Å². The van der Waals surface area contributed by atoms with E-state index in [2.05, 4.69) is 22.0 Å². The molecule has 1 N–H and O–H groups in total. The first-order chi connectivity index (χ1) is 11.9. The predicted molar refractivity (Wildman–Crippen MR) is 97.6 cm³/mol. The zero-order valence-corrected chi connectivity index (χ0v) is 15.3. The molecule has 0 aliphatic heterocycles. The lowest BCUT2D eigenvalue weighted by molar-refractivity contribution is -0.124. The van der Waals surface area contributed by atoms with Crippen LogP contribution in [0, 0.1) is 19.8 Å². The summed E-state index contributed by atoms with van der Waals surface area (Å²) in [6.45, 7) is 8.88. The van der Waals surface area contributed by atoms with Crippen molar-refractivity contribution >= 4 is 11.9 Å². The van der Waals surface area contributed by atoms with Gasteiger partial charge in [-0.25, -0.2) is 4.79 Å². The molecule has 0 bridgehead atoms. The van der Waals surface area contributed by atoms with Gasteiger partial charge in [0.1, 0.15) is 0 Å². The largest absolute Gasteiger partial charge is 0.452 e. The molecule has 2 rings (SSSR count). The van der Waals surface area contributed by atoms with Crippen molar-refractivity contribution in [3.63, 3.8) is 0 Å². The second-order valence-corrected chi connectivity index (χ2v) is 6.63. The fourth-order valence-corrected chi connectivity index (χ4v) is 2.59. The molecule has 0 aliphatic rings. The highest BCUT2D eigenvalue weighted by Crippen LogP contribution is 2.18. The first-order valence-corrected chi connectivity index (χ1v) is 8.53. The minimum absolute atomic E-state index is 0.256. The van der Waals surface area contributed by atoms with E-state index in [1.165, 1.54) is 0 Å². The number of amides is 1. The van der Waals surface area contributed by atoms with Crippen LogP contribution < -0.4 is 5.32 Å². The van der Waals surface area contributed by atoms with Gasteiger partial charge in [-0.15, -0.1) is 0 Å². The van der Waals surface area contributed by atoms with Gasteiger partial charge in [0.2, 0.25) is 0 Å². The van der Waals surface area contributed by atoms with Crippen LogP contribution in [-0.2, 0) is 16.1 Å². The first kappa shape index (κ1) is 18.8. The highest BCUT2D eigenvalue weighted by Gasteiger charge is 2.18. The standard InChI is InChI=1S/C20H26N2O3/c1-14(2)11-21-19(23)13-25-20(24)18-10-15(3)22(16(18)4)12-17-8-6-5-7-9-17/h5-10,14H,11-13H2,1-4H3,(H,21,23). The summed E-state index contributed by atoms with van der Waals surface area (Å²) in [5.41, 5.74) is 3.49. The van der Waals surface area contributed by atoms with Gasteiger partial charge in [0.05, 0.1) is 5.56 Å². The van der Waals surface area contributed by atoms with Crippen molar-refractivity contribution in [1.29, 1.82) is 0 Å². The van der Waals surface area contributed by atoms with Crippen LogP contribution in [0.15, 0.2) is 36.4 Å². The van der Waals surface area contributed by atoms with Crippen LogP contribution in [-0.4, -0.2) is 29.6 Å². The number of hydrogen-bond donors (Lipinski definition) is 1. The molecule has 5 heteroatoms. The number of carbonyl (C=O) groups is 2. The summed E-state index contributed by atoms with van der Waals surface area (Å²) in [5.74, 6) is -0.385. The Morgan fingerprint density at radius 2 is 1.84 bits per heavy atom. The number of benzene rings is 1. The maximum atomic E-state index is 12.3. The Morgan fingerprint density at radius 1 is 1.16 bits per heavy atom. The molecule has 0 fully saturated rings. The van der Waals surface area contributed by atoms with E-state index in [1.807, 2.05) is 52.0 Å². The molecule has 0 unspecified atom stereocenters. The van der Waals surface area contributed by atoms with Gasteiger partial charge in [0, 0.05) is 24.5 Å².